The number of hydrogen-bond acceptors (Lipinski definition) is 3. The second-order valence-electron chi connectivity index (χ2n) is 2.91. The summed E-state index contributed by atoms with van der Waals surface area (Å²) >= 11 is 5.82. The minimum atomic E-state index is 0.348. The van der Waals surface area contributed by atoms with Crippen molar-refractivity contribution < 1.29 is 4.74 Å². The summed E-state index contributed by atoms with van der Waals surface area (Å²) in [5, 5.41) is 0.654. The van der Waals surface area contributed by atoms with E-state index in [1.54, 1.807) is 30.6 Å². The first-order valence-electron chi connectivity index (χ1n) is 4.49. The highest BCUT2D eigenvalue weighted by Crippen LogP contribution is 2.17. The molecule has 0 aliphatic carbocycles. The minimum Gasteiger partial charge on any atom is -0.486 e. The first-order valence-corrected chi connectivity index (χ1v) is 4.86. The van der Waals surface area contributed by atoms with Gasteiger partial charge in [-0.1, -0.05) is 17.7 Å². The summed E-state index contributed by atoms with van der Waals surface area (Å²) in [5.41, 5.74) is 0. The molecule has 0 fully saturated rings. The van der Waals surface area contributed by atoms with Crippen molar-refractivity contribution in [3.63, 3.8) is 0 Å². The molecule has 0 saturated heterocycles. The van der Waals surface area contributed by atoms with Crippen LogP contribution in [0.4, 0.5) is 0 Å². The van der Waals surface area contributed by atoms with Gasteiger partial charge in [0.15, 0.2) is 5.82 Å². The van der Waals surface area contributed by atoms with Crippen molar-refractivity contribution >= 4 is 11.6 Å². The van der Waals surface area contributed by atoms with Crippen molar-refractivity contribution in [3.05, 3.63) is 53.6 Å². The summed E-state index contributed by atoms with van der Waals surface area (Å²) in [7, 11) is 0. The maximum atomic E-state index is 5.82. The van der Waals surface area contributed by atoms with E-state index in [-0.39, 0.29) is 0 Å². The molecule has 2 aromatic rings. The maximum Gasteiger partial charge on any atom is 0.166 e. The lowest BCUT2D eigenvalue weighted by molar-refractivity contribution is 0.296. The Kier molecular flexibility index (Phi) is 3.15. The molecular formula is C11H9ClN2O. The van der Waals surface area contributed by atoms with Crippen LogP contribution >= 0.6 is 11.6 Å². The fourth-order valence-electron chi connectivity index (χ4n) is 1.11. The lowest BCUT2D eigenvalue weighted by Crippen LogP contribution is -2.00. The van der Waals surface area contributed by atoms with Gasteiger partial charge in [-0.25, -0.2) is 9.97 Å². The zero-order chi connectivity index (χ0) is 10.5. The van der Waals surface area contributed by atoms with E-state index in [1.165, 1.54) is 0 Å². The Balaban J connectivity index is 1.99. The van der Waals surface area contributed by atoms with E-state index in [2.05, 4.69) is 9.97 Å². The van der Waals surface area contributed by atoms with Crippen LogP contribution in [0, 0.1) is 0 Å². The molecule has 3 nitrogen and oxygen atoms in total. The SMILES string of the molecule is Clc1cccc(OCc2ncccn2)c1. The third-order valence-electron chi connectivity index (χ3n) is 1.78. The van der Waals surface area contributed by atoms with E-state index in [9.17, 15) is 0 Å². The van der Waals surface area contributed by atoms with Gasteiger partial charge in [0.2, 0.25) is 0 Å². The highest BCUT2D eigenvalue weighted by atomic mass is 35.5. The van der Waals surface area contributed by atoms with E-state index in [4.69, 9.17) is 16.3 Å². The summed E-state index contributed by atoms with van der Waals surface area (Å²) in [6.45, 7) is 0.348. The van der Waals surface area contributed by atoms with Crippen molar-refractivity contribution in [3.8, 4) is 5.75 Å². The van der Waals surface area contributed by atoms with Gasteiger partial charge in [0.25, 0.3) is 0 Å². The zero-order valence-electron chi connectivity index (χ0n) is 7.93. The zero-order valence-corrected chi connectivity index (χ0v) is 8.69. The number of hydrogen-bond donors (Lipinski definition) is 0. The van der Waals surface area contributed by atoms with Gasteiger partial charge in [-0.15, -0.1) is 0 Å². The molecule has 0 unspecified atom stereocenters. The molecule has 4 heteroatoms. The minimum absolute atomic E-state index is 0.348. The average molecular weight is 221 g/mol. The summed E-state index contributed by atoms with van der Waals surface area (Å²) < 4.78 is 5.46. The Bertz CT molecular complexity index is 434. The van der Waals surface area contributed by atoms with Crippen molar-refractivity contribution in [2.75, 3.05) is 0 Å². The van der Waals surface area contributed by atoms with Gasteiger partial charge in [0.05, 0.1) is 0 Å². The number of nitrogens with zero attached hydrogens (tertiary/aromatic N) is 2. The molecule has 0 bridgehead atoms. The molecule has 0 amide bonds. The number of ether oxygens (including phenoxy) is 1. The van der Waals surface area contributed by atoms with Crippen LogP contribution in [0.3, 0.4) is 0 Å². The lowest BCUT2D eigenvalue weighted by Gasteiger charge is -2.04. The molecule has 76 valence electrons. The predicted molar refractivity (Wildman–Crippen MR) is 57.8 cm³/mol. The highest BCUT2D eigenvalue weighted by molar-refractivity contribution is 6.30. The summed E-state index contributed by atoms with van der Waals surface area (Å²) in [4.78, 5) is 8.09. The second-order valence-corrected chi connectivity index (χ2v) is 3.35. The van der Waals surface area contributed by atoms with Crippen LogP contribution in [0.1, 0.15) is 5.82 Å². The van der Waals surface area contributed by atoms with Gasteiger partial charge in [0, 0.05) is 17.4 Å². The second kappa shape index (κ2) is 4.75. The Labute approximate surface area is 92.7 Å². The monoisotopic (exact) mass is 220 g/mol. The van der Waals surface area contributed by atoms with Gasteiger partial charge < -0.3 is 4.74 Å². The van der Waals surface area contributed by atoms with Crippen molar-refractivity contribution in [1.82, 2.24) is 9.97 Å². The Hall–Kier alpha value is -1.61. The number of halogens is 1. The molecule has 0 spiro atoms. The van der Waals surface area contributed by atoms with Gasteiger partial charge in [-0.2, -0.15) is 0 Å². The van der Waals surface area contributed by atoms with Gasteiger partial charge in [-0.05, 0) is 24.3 Å². The van der Waals surface area contributed by atoms with Crippen LogP contribution in [0.25, 0.3) is 0 Å². The van der Waals surface area contributed by atoms with Crippen molar-refractivity contribution in [2.45, 2.75) is 6.61 Å². The van der Waals surface area contributed by atoms with E-state index in [0.29, 0.717) is 17.5 Å². The molecule has 0 N–H and O–H groups in total. The van der Waals surface area contributed by atoms with E-state index in [0.717, 1.165) is 5.75 Å². The van der Waals surface area contributed by atoms with E-state index < -0.39 is 0 Å². The molecule has 0 saturated carbocycles. The van der Waals surface area contributed by atoms with Crippen LogP contribution in [0.15, 0.2) is 42.7 Å². The summed E-state index contributed by atoms with van der Waals surface area (Å²) in [6, 6.07) is 9.00. The lowest BCUT2D eigenvalue weighted by atomic mass is 10.3. The van der Waals surface area contributed by atoms with Crippen molar-refractivity contribution in [1.29, 1.82) is 0 Å². The molecule has 1 aromatic carbocycles. The molecule has 1 aromatic heterocycles. The third kappa shape index (κ3) is 2.92. The quantitative estimate of drug-likeness (QED) is 0.798. The third-order valence-corrected chi connectivity index (χ3v) is 2.02. The summed E-state index contributed by atoms with van der Waals surface area (Å²) in [5.74, 6) is 1.37. The topological polar surface area (TPSA) is 35.0 Å². The molecule has 0 aliphatic rings. The molecule has 1 heterocycles. The number of aromatic nitrogens is 2. The van der Waals surface area contributed by atoms with Crippen LogP contribution in [-0.2, 0) is 6.61 Å². The fraction of sp³-hybridized carbons (Fsp3) is 0.0909. The largest absolute Gasteiger partial charge is 0.486 e. The van der Waals surface area contributed by atoms with Gasteiger partial charge in [0.1, 0.15) is 12.4 Å². The van der Waals surface area contributed by atoms with Crippen molar-refractivity contribution in [2.24, 2.45) is 0 Å². The maximum absolute atomic E-state index is 5.82. The normalized spacial score (nSPS) is 9.93. The summed E-state index contributed by atoms with van der Waals surface area (Å²) in [6.07, 6.45) is 3.37. The Morgan fingerprint density at radius 1 is 1.13 bits per heavy atom. The number of benzene rings is 1. The average Bonchev–Trinajstić information content (AvgIpc) is 2.28. The van der Waals surface area contributed by atoms with Gasteiger partial charge in [-0.3, -0.25) is 0 Å². The molecule has 0 radical (unpaired) electrons. The first kappa shape index (κ1) is 9.93. The highest BCUT2D eigenvalue weighted by Gasteiger charge is 1.97. The van der Waals surface area contributed by atoms with Gasteiger partial charge >= 0.3 is 0 Å². The van der Waals surface area contributed by atoms with E-state index in [1.807, 2.05) is 12.1 Å². The molecule has 0 atom stereocenters. The van der Waals surface area contributed by atoms with Crippen LogP contribution in [0.2, 0.25) is 5.02 Å². The molecule has 15 heavy (non-hydrogen) atoms. The predicted octanol–water partition coefficient (Wildman–Crippen LogP) is 2.71. The number of rotatable bonds is 3. The van der Waals surface area contributed by atoms with Crippen LogP contribution < -0.4 is 4.74 Å². The molecule has 2 rings (SSSR count). The first-order chi connectivity index (χ1) is 7.34. The standard InChI is InChI=1S/C11H9ClN2O/c12-9-3-1-4-10(7-9)15-8-11-13-5-2-6-14-11/h1-7H,8H2. The Morgan fingerprint density at radius 2 is 1.93 bits per heavy atom. The molecule has 0 aliphatic heterocycles. The van der Waals surface area contributed by atoms with Crippen LogP contribution in [0.5, 0.6) is 5.75 Å². The van der Waals surface area contributed by atoms with E-state index >= 15 is 0 Å². The Morgan fingerprint density at radius 3 is 2.67 bits per heavy atom. The molecular weight excluding hydrogens is 212 g/mol. The smallest absolute Gasteiger partial charge is 0.166 e. The van der Waals surface area contributed by atoms with Crippen LogP contribution in [-0.4, -0.2) is 9.97 Å². The fourth-order valence-corrected chi connectivity index (χ4v) is 1.29.